The summed E-state index contributed by atoms with van der Waals surface area (Å²) >= 11 is 1.53. The first-order valence-electron chi connectivity index (χ1n) is 24.8. The van der Waals surface area contributed by atoms with Crippen molar-refractivity contribution in [3.63, 3.8) is 0 Å². The molecule has 4 aromatic heterocycles. The number of nitrogens with one attached hydrogen (secondary N) is 2. The summed E-state index contributed by atoms with van der Waals surface area (Å²) in [6.07, 6.45) is -5.00. The number of pyridine rings is 4. The quantitative estimate of drug-likeness (QED) is 0.0245. The van der Waals surface area contributed by atoms with Crippen molar-refractivity contribution in [3.05, 3.63) is 162 Å². The van der Waals surface area contributed by atoms with Crippen molar-refractivity contribution in [1.29, 1.82) is 0 Å². The van der Waals surface area contributed by atoms with E-state index in [2.05, 4.69) is 40.0 Å². The number of aromatic nitrogens is 4. The SMILES string of the molecule is CC(C)(C)N=C(Nc1ccnc(C(N)=O)c1)Sc1ccccc1.COc1cc(OC(F)(F)F)ccc1Oc1cc(C(C)(C)F)ncc1C(=O)Nc1ccnc(C(N)=O)c1.COc1cc(OC(F)(F)F)ccc1Oc1cc(C(C)(C)F)ncc1C(=O)O. The number of benzene rings is 3. The number of rotatable bonds is 17. The van der Waals surface area contributed by atoms with Gasteiger partial charge in [0, 0.05) is 65.3 Å². The number of anilines is 2. The number of primary amides is 2. The second-order valence-electron chi connectivity index (χ2n) is 19.5. The summed E-state index contributed by atoms with van der Waals surface area (Å²) < 4.78 is 132. The van der Waals surface area contributed by atoms with Crippen LogP contribution in [0.2, 0.25) is 0 Å². The number of carbonyl (C=O) groups is 4. The van der Waals surface area contributed by atoms with E-state index in [-0.39, 0.29) is 79.6 Å². The number of halogens is 8. The molecule has 20 nitrogen and oxygen atoms in total. The molecule has 4 heterocycles. The highest BCUT2D eigenvalue weighted by molar-refractivity contribution is 8.14. The number of carboxylic acids is 1. The van der Waals surface area contributed by atoms with Gasteiger partial charge in [-0.15, -0.1) is 26.3 Å². The molecule has 456 valence electrons. The molecule has 0 saturated heterocycles. The molecule has 0 aliphatic heterocycles. The minimum absolute atomic E-state index is 0.0787. The Balaban J connectivity index is 0.000000242. The Kier molecular flexibility index (Phi) is 22.0. The minimum Gasteiger partial charge on any atom is -0.493 e. The van der Waals surface area contributed by atoms with Gasteiger partial charge in [-0.25, -0.2) is 13.6 Å². The monoisotopic (exact) mass is 1230 g/mol. The second kappa shape index (κ2) is 28.2. The topological polar surface area (TPSA) is 284 Å². The summed E-state index contributed by atoms with van der Waals surface area (Å²) in [7, 11) is 2.37. The number of ether oxygens (including phenoxy) is 6. The van der Waals surface area contributed by atoms with Gasteiger partial charge < -0.3 is 55.6 Å². The highest BCUT2D eigenvalue weighted by Gasteiger charge is 2.33. The summed E-state index contributed by atoms with van der Waals surface area (Å²) in [4.78, 5) is 68.2. The molecular weight excluding hydrogens is 1170 g/mol. The molecule has 0 spiro atoms. The Morgan fingerprint density at radius 3 is 1.36 bits per heavy atom. The van der Waals surface area contributed by atoms with Gasteiger partial charge in [-0.05, 0) is 109 Å². The molecule has 86 heavy (non-hydrogen) atoms. The number of amides is 3. The highest BCUT2D eigenvalue weighted by atomic mass is 32.2. The van der Waals surface area contributed by atoms with Gasteiger partial charge in [0.05, 0.1) is 31.1 Å². The van der Waals surface area contributed by atoms with Crippen LogP contribution in [0.15, 0.2) is 138 Å². The number of amidine groups is 1. The van der Waals surface area contributed by atoms with E-state index in [0.717, 1.165) is 70.6 Å². The Bertz CT molecular complexity index is 3580. The first kappa shape index (κ1) is 67.0. The van der Waals surface area contributed by atoms with Crippen LogP contribution >= 0.6 is 11.8 Å². The average Bonchev–Trinajstić information content (AvgIpc) is 1.37. The molecule has 29 heteroatoms. The van der Waals surface area contributed by atoms with Crippen molar-refractivity contribution >= 4 is 52.0 Å². The van der Waals surface area contributed by atoms with Crippen LogP contribution in [0.4, 0.5) is 46.5 Å². The average molecular weight is 1230 g/mol. The molecule has 0 aliphatic rings. The third kappa shape index (κ3) is 21.1. The van der Waals surface area contributed by atoms with Crippen molar-refractivity contribution in [1.82, 2.24) is 19.9 Å². The van der Waals surface area contributed by atoms with Gasteiger partial charge in [-0.2, -0.15) is 0 Å². The maximum absolute atomic E-state index is 14.6. The smallest absolute Gasteiger partial charge is 0.493 e. The molecule has 3 amide bonds. The van der Waals surface area contributed by atoms with Crippen molar-refractivity contribution in [2.24, 2.45) is 16.5 Å². The zero-order valence-electron chi connectivity index (χ0n) is 47.0. The van der Waals surface area contributed by atoms with Crippen LogP contribution in [-0.2, 0) is 11.3 Å². The lowest BCUT2D eigenvalue weighted by Crippen LogP contribution is -2.18. The van der Waals surface area contributed by atoms with E-state index in [9.17, 15) is 59.4 Å². The van der Waals surface area contributed by atoms with Crippen LogP contribution in [0.3, 0.4) is 0 Å². The fourth-order valence-electron chi connectivity index (χ4n) is 6.71. The van der Waals surface area contributed by atoms with Gasteiger partial charge in [0.1, 0.15) is 56.9 Å². The lowest BCUT2D eigenvalue weighted by Gasteiger charge is -2.18. The summed E-state index contributed by atoms with van der Waals surface area (Å²) in [6.45, 7) is 11.0. The second-order valence-corrected chi connectivity index (χ2v) is 20.5. The summed E-state index contributed by atoms with van der Waals surface area (Å²) in [5.74, 6) is -5.51. The number of aliphatic imine (C=N–C) groups is 1. The van der Waals surface area contributed by atoms with E-state index in [1.807, 2.05) is 51.1 Å². The summed E-state index contributed by atoms with van der Waals surface area (Å²) in [6, 6.07) is 24.3. The van der Waals surface area contributed by atoms with Gasteiger partial charge in [0.2, 0.25) is 0 Å². The summed E-state index contributed by atoms with van der Waals surface area (Å²) in [5.41, 5.74) is 6.80. The van der Waals surface area contributed by atoms with E-state index in [1.54, 1.807) is 18.3 Å². The molecule has 7 N–H and O–H groups in total. The number of thioether (sulfide) groups is 1. The minimum atomic E-state index is -4.92. The molecule has 7 aromatic rings. The van der Waals surface area contributed by atoms with E-state index >= 15 is 0 Å². The number of hydrogen-bond acceptors (Lipinski definition) is 16. The van der Waals surface area contributed by atoms with Crippen LogP contribution in [0.1, 0.15) is 102 Å². The molecule has 0 fully saturated rings. The number of alkyl halides is 8. The molecule has 0 bridgehead atoms. The predicted octanol–water partition coefficient (Wildman–Crippen LogP) is 13.0. The fourth-order valence-corrected chi connectivity index (χ4v) is 7.71. The Hall–Kier alpha value is -9.80. The van der Waals surface area contributed by atoms with Crippen LogP contribution in [0.25, 0.3) is 0 Å². The third-order valence-electron chi connectivity index (χ3n) is 10.5. The van der Waals surface area contributed by atoms with E-state index < -0.39 is 59.3 Å². The number of carbonyl (C=O) groups excluding carboxylic acids is 3. The van der Waals surface area contributed by atoms with Crippen molar-refractivity contribution in [2.45, 2.75) is 83.0 Å². The van der Waals surface area contributed by atoms with Gasteiger partial charge in [0.15, 0.2) is 28.2 Å². The number of methoxy groups -OCH3 is 2. The molecule has 0 unspecified atom stereocenters. The van der Waals surface area contributed by atoms with Gasteiger partial charge >= 0.3 is 18.7 Å². The maximum atomic E-state index is 14.6. The lowest BCUT2D eigenvalue weighted by molar-refractivity contribution is -0.275. The maximum Gasteiger partial charge on any atom is 0.573 e. The van der Waals surface area contributed by atoms with E-state index in [0.29, 0.717) is 0 Å². The molecule has 3 aromatic carbocycles. The normalized spacial score (nSPS) is 11.8. The van der Waals surface area contributed by atoms with Crippen molar-refractivity contribution in [3.8, 4) is 46.0 Å². The number of hydrogen-bond donors (Lipinski definition) is 5. The predicted molar refractivity (Wildman–Crippen MR) is 300 cm³/mol. The number of aromatic carboxylic acids is 1. The zero-order chi connectivity index (χ0) is 64.0. The number of carboxylic acid groups (broad SMARTS) is 1. The largest absolute Gasteiger partial charge is 0.573 e. The van der Waals surface area contributed by atoms with Gasteiger partial charge in [-0.1, -0.05) is 30.0 Å². The Morgan fingerprint density at radius 2 is 0.965 bits per heavy atom. The highest BCUT2D eigenvalue weighted by Crippen LogP contribution is 2.41. The molecule has 7 rings (SSSR count). The van der Waals surface area contributed by atoms with Gasteiger partial charge in [-0.3, -0.25) is 39.3 Å². The van der Waals surface area contributed by atoms with Crippen LogP contribution in [-0.4, -0.2) is 86.4 Å². The van der Waals surface area contributed by atoms with Crippen molar-refractivity contribution < 1.29 is 87.8 Å². The fraction of sp³-hybridized carbons (Fsp3) is 0.246. The molecule has 0 radical (unpaired) electrons. The molecule has 0 saturated carbocycles. The van der Waals surface area contributed by atoms with Gasteiger partial charge in [0.25, 0.3) is 17.7 Å². The van der Waals surface area contributed by atoms with Crippen molar-refractivity contribution in [2.75, 3.05) is 24.9 Å². The number of nitrogens with two attached hydrogens (primary N) is 2. The zero-order valence-corrected chi connectivity index (χ0v) is 47.8. The third-order valence-corrected chi connectivity index (χ3v) is 11.4. The van der Waals surface area contributed by atoms with Crippen LogP contribution in [0, 0.1) is 0 Å². The molecule has 0 atom stereocenters. The lowest BCUT2D eigenvalue weighted by atomic mass is 10.0. The van der Waals surface area contributed by atoms with Crippen LogP contribution in [0.5, 0.6) is 46.0 Å². The standard InChI is InChI=1S/C23H20F4N4O5.C17H15F4NO5.C17H20N4OS/c1-22(2,24)19-10-17(35-16-5-4-13(9-18(16)34-3)36-23(25,26)27)14(11-30-19)21(33)31-12-6-7-29-15(8-12)20(28)32;1-16(2,18)14-7-12(10(8-22-14)15(23)24)26-11-5-4-9(6-13(11)25-3)27-17(19,20)21;1-17(2,3)21-16(23-13-7-5-4-6-8-13)20-12-9-10-19-14(11-12)15(18)22/h4-11H,1-3H3,(H2,28,32)(H,29,31,33);4-8H,1-3H3,(H,23,24);4-11H,1-3H3,(H2,18,22)(H,19,20,21). The molecular formula is C57H55F8N9O11S. The first-order chi connectivity index (χ1) is 40.0. The van der Waals surface area contributed by atoms with Crippen LogP contribution < -0.4 is 50.5 Å². The molecule has 0 aliphatic carbocycles. The van der Waals surface area contributed by atoms with E-state index in [4.69, 9.17) is 35.4 Å². The number of nitrogens with zero attached hydrogens (tertiary/aromatic N) is 5. The van der Waals surface area contributed by atoms with E-state index in [1.165, 1.54) is 78.1 Å². The summed E-state index contributed by atoms with van der Waals surface area (Å²) in [5, 5.41) is 15.8. The Morgan fingerprint density at radius 1 is 0.535 bits per heavy atom. The Labute approximate surface area is 490 Å². The first-order valence-corrected chi connectivity index (χ1v) is 25.6.